The Balaban J connectivity index is 1.67. The van der Waals surface area contributed by atoms with E-state index in [9.17, 15) is 24.3 Å². The summed E-state index contributed by atoms with van der Waals surface area (Å²) in [7, 11) is 0. The van der Waals surface area contributed by atoms with Crippen molar-refractivity contribution in [2.45, 2.75) is 79.1 Å². The van der Waals surface area contributed by atoms with Gasteiger partial charge in [-0.1, -0.05) is 24.3 Å². The minimum atomic E-state index is -1.34. The molecular weight excluding hydrogens is 631 g/mol. The van der Waals surface area contributed by atoms with Crippen molar-refractivity contribution in [1.82, 2.24) is 5.32 Å². The summed E-state index contributed by atoms with van der Waals surface area (Å²) in [6.07, 6.45) is 0.379. The Bertz CT molecular complexity index is 1740. The summed E-state index contributed by atoms with van der Waals surface area (Å²) in [5, 5.41) is 17.5. The van der Waals surface area contributed by atoms with Crippen LogP contribution >= 0.6 is 0 Å². The third-order valence-electron chi connectivity index (χ3n) is 6.65. The van der Waals surface area contributed by atoms with Crippen molar-refractivity contribution in [2.75, 3.05) is 10.6 Å². The number of allylic oxidation sites excluding steroid dienone is 1. The number of halogens is 1. The molecule has 49 heavy (non-hydrogen) atoms. The third-order valence-corrected chi connectivity index (χ3v) is 6.65. The van der Waals surface area contributed by atoms with E-state index in [-0.39, 0.29) is 17.5 Å². The summed E-state index contributed by atoms with van der Waals surface area (Å²) >= 11 is 0. The molecule has 1 atom stereocenters. The molecular formula is C37H43FN4O7. The van der Waals surface area contributed by atoms with Crippen LogP contribution in [0.5, 0.6) is 0 Å². The van der Waals surface area contributed by atoms with E-state index in [1.807, 2.05) is 0 Å². The van der Waals surface area contributed by atoms with E-state index in [0.717, 1.165) is 5.56 Å². The first-order valence-electron chi connectivity index (χ1n) is 15.6. The van der Waals surface area contributed by atoms with Crippen molar-refractivity contribution in [3.8, 4) is 0 Å². The van der Waals surface area contributed by atoms with Gasteiger partial charge in [-0.05, 0) is 115 Å². The average Bonchev–Trinajstić information content (AvgIpc) is 2.98. The molecule has 3 aromatic rings. The van der Waals surface area contributed by atoms with Gasteiger partial charge in [0, 0.05) is 34.6 Å². The Morgan fingerprint density at radius 3 is 1.73 bits per heavy atom. The molecule has 0 heterocycles. The van der Waals surface area contributed by atoms with Gasteiger partial charge in [0.05, 0.1) is 5.70 Å². The lowest BCUT2D eigenvalue weighted by molar-refractivity contribution is -0.139. The number of carbonyl (C=O) groups excluding carboxylic acids is 3. The van der Waals surface area contributed by atoms with Gasteiger partial charge in [-0.3, -0.25) is 20.4 Å². The molecule has 0 aromatic heterocycles. The van der Waals surface area contributed by atoms with Gasteiger partial charge in [0.2, 0.25) is 0 Å². The fourth-order valence-electron chi connectivity index (χ4n) is 4.47. The van der Waals surface area contributed by atoms with E-state index in [1.165, 1.54) is 36.4 Å². The predicted molar refractivity (Wildman–Crippen MR) is 187 cm³/mol. The van der Waals surface area contributed by atoms with Crippen LogP contribution in [-0.2, 0) is 20.7 Å². The van der Waals surface area contributed by atoms with Crippen LogP contribution in [0.4, 0.5) is 25.4 Å². The first-order valence-corrected chi connectivity index (χ1v) is 15.6. The lowest BCUT2D eigenvalue weighted by Gasteiger charge is -2.19. The van der Waals surface area contributed by atoms with Crippen LogP contribution in [0.1, 0.15) is 82.4 Å². The van der Waals surface area contributed by atoms with Gasteiger partial charge in [-0.25, -0.2) is 18.8 Å². The number of carboxylic acid groups (broad SMARTS) is 1. The van der Waals surface area contributed by atoms with Crippen molar-refractivity contribution >= 4 is 46.8 Å². The van der Waals surface area contributed by atoms with Crippen molar-refractivity contribution in [1.29, 1.82) is 0 Å². The highest BCUT2D eigenvalue weighted by molar-refractivity contribution is 6.02. The molecule has 3 amide bonds. The van der Waals surface area contributed by atoms with Crippen molar-refractivity contribution in [2.24, 2.45) is 4.99 Å². The molecule has 4 N–H and O–H groups in total. The maximum absolute atomic E-state index is 15.3. The third kappa shape index (κ3) is 12.2. The number of hydrogen-bond acceptors (Lipinski definition) is 7. The van der Waals surface area contributed by atoms with Gasteiger partial charge in [0.25, 0.3) is 5.91 Å². The maximum Gasteiger partial charge on any atom is 0.412 e. The minimum absolute atomic E-state index is 0.170. The van der Waals surface area contributed by atoms with Crippen LogP contribution in [0.25, 0.3) is 5.70 Å². The Hall–Kier alpha value is -5.52. The molecule has 12 heteroatoms. The Kier molecular flexibility index (Phi) is 12.4. The number of nitrogens with zero attached hydrogens (tertiary/aromatic N) is 1. The number of carbonyl (C=O) groups is 4. The molecule has 0 aliphatic carbocycles. The first kappa shape index (κ1) is 37.9. The zero-order chi connectivity index (χ0) is 36.5. The lowest BCUT2D eigenvalue weighted by Crippen LogP contribution is -2.42. The number of ether oxygens (including phenoxy) is 2. The van der Waals surface area contributed by atoms with Gasteiger partial charge in [0.15, 0.2) is 0 Å². The number of anilines is 2. The standard InChI is InChI=1S/C37H43FN4O7/c1-9-30(24-11-15-26(16-12-24)40-34(46)48-36(3,4)5)39-22(2)28-19-10-23(20-29(28)38)21-31(33(44)45)42-32(43)25-13-17-27(18-14-25)41-35(47)49-37(6,7)8/h9-20,31H,21H2,1-8H3,(H,40,46)(H,41,47)(H,42,43)(H,44,45)/b30-9-,39-22?. The molecule has 0 aliphatic heterocycles. The molecule has 3 aromatic carbocycles. The number of benzene rings is 3. The normalized spacial score (nSPS) is 12.8. The molecule has 3 rings (SSSR count). The van der Waals surface area contributed by atoms with Gasteiger partial charge in [0.1, 0.15) is 23.1 Å². The summed E-state index contributed by atoms with van der Waals surface area (Å²) in [5.74, 6) is -2.54. The molecule has 1 unspecified atom stereocenters. The van der Waals surface area contributed by atoms with Gasteiger partial charge in [-0.2, -0.15) is 0 Å². The highest BCUT2D eigenvalue weighted by Gasteiger charge is 2.23. The topological polar surface area (TPSA) is 155 Å². The smallest absolute Gasteiger partial charge is 0.412 e. The molecule has 0 saturated carbocycles. The molecule has 11 nitrogen and oxygen atoms in total. The Morgan fingerprint density at radius 2 is 1.31 bits per heavy atom. The molecule has 260 valence electrons. The summed E-state index contributed by atoms with van der Waals surface area (Å²) in [6.45, 7) is 14.0. The minimum Gasteiger partial charge on any atom is -0.480 e. The molecule has 0 aliphatic rings. The van der Waals surface area contributed by atoms with E-state index in [2.05, 4.69) is 20.9 Å². The highest BCUT2D eigenvalue weighted by atomic mass is 19.1. The van der Waals surface area contributed by atoms with E-state index >= 15 is 4.39 Å². The van der Waals surface area contributed by atoms with Crippen LogP contribution in [-0.4, -0.2) is 52.1 Å². The summed E-state index contributed by atoms with van der Waals surface area (Å²) in [4.78, 5) is 53.5. The van der Waals surface area contributed by atoms with E-state index in [4.69, 9.17) is 9.47 Å². The van der Waals surface area contributed by atoms with E-state index in [1.54, 1.807) is 91.8 Å². The molecule has 0 saturated heterocycles. The average molecular weight is 675 g/mol. The zero-order valence-corrected chi connectivity index (χ0v) is 28.9. The summed E-state index contributed by atoms with van der Waals surface area (Å²) in [6, 6.07) is 15.8. The Labute approximate surface area is 285 Å². The fourth-order valence-corrected chi connectivity index (χ4v) is 4.47. The largest absolute Gasteiger partial charge is 0.480 e. The molecule has 0 spiro atoms. The summed E-state index contributed by atoms with van der Waals surface area (Å²) < 4.78 is 25.8. The molecule has 0 fully saturated rings. The van der Waals surface area contributed by atoms with Crippen LogP contribution < -0.4 is 16.0 Å². The Morgan fingerprint density at radius 1 is 0.816 bits per heavy atom. The number of rotatable bonds is 10. The van der Waals surface area contributed by atoms with Gasteiger partial charge in [-0.15, -0.1) is 0 Å². The number of hydrogen-bond donors (Lipinski definition) is 4. The SMILES string of the molecule is C/C=C(\N=C(C)c1ccc(CC(NC(=O)c2ccc(NC(=O)OC(C)(C)C)cc2)C(=O)O)cc1F)c1ccc(NC(=O)OC(C)(C)C)cc1. The number of aliphatic imine (C=N–C) groups is 1. The molecule has 0 bridgehead atoms. The highest BCUT2D eigenvalue weighted by Crippen LogP contribution is 2.22. The van der Waals surface area contributed by atoms with Crippen molar-refractivity contribution < 1.29 is 38.1 Å². The van der Waals surface area contributed by atoms with Crippen LogP contribution in [0.3, 0.4) is 0 Å². The fraction of sp³-hybridized carbons (Fsp3) is 0.324. The van der Waals surface area contributed by atoms with Gasteiger partial charge < -0.3 is 19.9 Å². The van der Waals surface area contributed by atoms with Crippen molar-refractivity contribution in [3.63, 3.8) is 0 Å². The van der Waals surface area contributed by atoms with Crippen LogP contribution in [0.15, 0.2) is 77.8 Å². The van der Waals surface area contributed by atoms with Crippen LogP contribution in [0.2, 0.25) is 0 Å². The lowest BCUT2D eigenvalue weighted by atomic mass is 10.0. The van der Waals surface area contributed by atoms with Gasteiger partial charge >= 0.3 is 18.2 Å². The van der Waals surface area contributed by atoms with E-state index in [0.29, 0.717) is 28.3 Å². The number of carboxylic acids is 1. The predicted octanol–water partition coefficient (Wildman–Crippen LogP) is 7.82. The monoisotopic (exact) mass is 674 g/mol. The number of amides is 3. The molecule has 0 radical (unpaired) electrons. The second-order valence-electron chi connectivity index (χ2n) is 13.2. The summed E-state index contributed by atoms with van der Waals surface area (Å²) in [5.41, 5.74) is 2.08. The quantitative estimate of drug-likeness (QED) is 0.160. The zero-order valence-electron chi connectivity index (χ0n) is 28.9. The van der Waals surface area contributed by atoms with Crippen LogP contribution in [0, 0.1) is 5.82 Å². The number of aliphatic carboxylic acids is 1. The number of nitrogens with one attached hydrogen (secondary N) is 3. The van der Waals surface area contributed by atoms with Crippen molar-refractivity contribution in [3.05, 3.63) is 101 Å². The maximum atomic E-state index is 15.3. The first-order chi connectivity index (χ1) is 22.8. The second kappa shape index (κ2) is 16.1. The second-order valence-corrected chi connectivity index (χ2v) is 13.2. The van der Waals surface area contributed by atoms with E-state index < -0.39 is 47.1 Å².